The number of carbonyl (C=O) groups is 6. The molecule has 1 saturated heterocycles. The fraction of sp³-hybridized carbons (Fsp3) is 0.419. The smallest absolute Gasteiger partial charge is 0.326 e. The summed E-state index contributed by atoms with van der Waals surface area (Å²) in [6, 6.07) is 12.4. The molecule has 2 aromatic heterocycles. The predicted octanol–water partition coefficient (Wildman–Crippen LogP) is -1.05. The number of nitrogens with one attached hydrogen (secondary N) is 6. The number of aliphatic carboxylic acids is 4. The number of H-pyrrole nitrogens is 1. The molecule has 0 aliphatic carbocycles. The highest BCUT2D eigenvalue weighted by atomic mass is 32.1. The van der Waals surface area contributed by atoms with Gasteiger partial charge >= 0.3 is 23.9 Å². The minimum absolute atomic E-state index is 0.0360. The second-order valence-electron chi connectivity index (χ2n) is 16.0. The highest BCUT2D eigenvalue weighted by Crippen LogP contribution is 2.14. The molecule has 0 radical (unpaired) electrons. The third kappa shape index (κ3) is 18.3. The van der Waals surface area contributed by atoms with Gasteiger partial charge < -0.3 is 52.7 Å². The Morgan fingerprint density at radius 3 is 1.81 bits per heavy atom. The number of hydrogen-bond acceptors (Lipinski definition) is 17. The number of nitrogens with zero attached hydrogens (tertiary/aromatic N) is 7. The summed E-state index contributed by atoms with van der Waals surface area (Å²) in [7, 11) is 0. The first-order valence-corrected chi connectivity index (χ1v) is 22.2. The van der Waals surface area contributed by atoms with E-state index in [4.69, 9.17) is 18.0 Å². The molecule has 3 heterocycles. The maximum absolute atomic E-state index is 12.9. The quantitative estimate of drug-likeness (QED) is 0.0350. The third-order valence-corrected chi connectivity index (χ3v) is 11.0. The van der Waals surface area contributed by atoms with E-state index in [0.29, 0.717) is 76.0 Å². The third-order valence-electron chi connectivity index (χ3n) is 10.7. The van der Waals surface area contributed by atoms with Crippen LogP contribution in [0.2, 0.25) is 0 Å². The van der Waals surface area contributed by atoms with Gasteiger partial charge in [0.15, 0.2) is 16.3 Å². The fourth-order valence-corrected chi connectivity index (χ4v) is 7.36. The van der Waals surface area contributed by atoms with Crippen LogP contribution in [-0.2, 0) is 37.1 Å². The molecule has 370 valence electrons. The van der Waals surface area contributed by atoms with Gasteiger partial charge in [-0.3, -0.25) is 53.4 Å². The number of amides is 2. The molecule has 1 aliphatic heterocycles. The van der Waals surface area contributed by atoms with Crippen LogP contribution in [0.1, 0.15) is 34.5 Å². The van der Waals surface area contributed by atoms with Gasteiger partial charge in [-0.15, -0.1) is 0 Å². The predicted molar refractivity (Wildman–Crippen MR) is 255 cm³/mol. The van der Waals surface area contributed by atoms with Crippen LogP contribution in [0.3, 0.4) is 0 Å². The van der Waals surface area contributed by atoms with Gasteiger partial charge in [0.1, 0.15) is 6.04 Å². The molecule has 0 spiro atoms. The van der Waals surface area contributed by atoms with Gasteiger partial charge in [-0.2, -0.15) is 4.98 Å². The van der Waals surface area contributed by atoms with Crippen molar-refractivity contribution in [3.05, 3.63) is 81.9 Å². The number of aromatic amines is 1. The maximum Gasteiger partial charge on any atom is 0.326 e. The number of anilines is 3. The Labute approximate surface area is 400 Å². The van der Waals surface area contributed by atoms with E-state index >= 15 is 0 Å². The lowest BCUT2D eigenvalue weighted by atomic mass is 10.1. The minimum atomic E-state index is -1.33. The van der Waals surface area contributed by atoms with Crippen LogP contribution >= 0.6 is 12.2 Å². The van der Waals surface area contributed by atoms with Crippen molar-refractivity contribution in [2.75, 3.05) is 101 Å². The minimum Gasteiger partial charge on any atom is -0.480 e. The fourth-order valence-electron chi connectivity index (χ4n) is 7.14. The van der Waals surface area contributed by atoms with Crippen LogP contribution in [0, 0.1) is 0 Å². The summed E-state index contributed by atoms with van der Waals surface area (Å²) in [5.41, 5.74) is 8.06. The van der Waals surface area contributed by atoms with Gasteiger partial charge in [-0.05, 0) is 60.6 Å². The lowest BCUT2D eigenvalue weighted by molar-refractivity contribution is -0.140. The number of carboxylic acids is 4. The average molecular weight is 977 g/mol. The molecule has 0 unspecified atom stereocenters. The number of aromatic nitrogens is 4. The Balaban J connectivity index is 1.02. The number of carbonyl (C=O) groups excluding carboxylic acids is 2. The average Bonchev–Trinajstić information content (AvgIpc) is 3.29. The molecule has 2 aromatic carbocycles. The number of nitrogen functional groups attached to an aromatic ring is 1. The number of benzene rings is 2. The van der Waals surface area contributed by atoms with E-state index in [1.54, 1.807) is 26.8 Å². The standard InChI is InChI=1S/C43H56N14O11S/c44-42-52-38-37(40(66)53-42)49-31(22-48-38)21-47-29-7-3-28(4-8-29)39(65)51-32(41(67)68)9-10-33(58)45-11-12-46-43(69)50-30-5-1-27(2-6-30)23-54-13-15-55(24-34(59)60)17-19-57(26-36(63)64)20-18-56(16-14-54)25-35(61)62/h1-8,22,32,47H,9-21,23-26H2,(H,45,58)(H,51,65)(H,59,60)(H,61,62)(H,63,64)(H,67,68)(H2,46,50,69)(H3,44,48,52,53,66)/t32-/m0/s1. The Morgan fingerprint density at radius 2 is 1.26 bits per heavy atom. The van der Waals surface area contributed by atoms with E-state index in [9.17, 15) is 54.0 Å². The summed E-state index contributed by atoms with van der Waals surface area (Å²) < 4.78 is 0. The van der Waals surface area contributed by atoms with Gasteiger partial charge in [0.2, 0.25) is 11.9 Å². The van der Waals surface area contributed by atoms with Crippen molar-refractivity contribution < 1.29 is 49.2 Å². The summed E-state index contributed by atoms with van der Waals surface area (Å²) in [4.78, 5) is 106. The molecular weight excluding hydrogens is 921 g/mol. The lowest BCUT2D eigenvalue weighted by Crippen LogP contribution is -2.48. The van der Waals surface area contributed by atoms with E-state index in [2.05, 4.69) is 51.4 Å². The van der Waals surface area contributed by atoms with Crippen molar-refractivity contribution in [1.29, 1.82) is 0 Å². The van der Waals surface area contributed by atoms with Crippen molar-refractivity contribution >= 4 is 81.5 Å². The molecule has 1 fully saturated rings. The number of thiocarbonyl (C=S) groups is 1. The van der Waals surface area contributed by atoms with E-state index in [1.807, 2.05) is 24.3 Å². The second kappa shape index (κ2) is 26.2. The SMILES string of the molecule is Nc1nc2ncc(CNc3ccc(C(=O)N[C@@H](CCC(=O)NCCNC(=S)Nc4ccc(CN5CCN(CC(=O)O)CCN(CC(=O)O)CCN(CC(=O)O)CC5)cc4)C(=O)O)cc3)nc2c(=O)[nH]1. The van der Waals surface area contributed by atoms with E-state index in [-0.39, 0.29) is 79.9 Å². The Hall–Kier alpha value is -7.39. The van der Waals surface area contributed by atoms with Crippen LogP contribution < -0.4 is 37.9 Å². The van der Waals surface area contributed by atoms with Crippen molar-refractivity contribution in [3.8, 4) is 0 Å². The molecule has 25 nitrogen and oxygen atoms in total. The zero-order valence-corrected chi connectivity index (χ0v) is 38.4. The number of fused-ring (bicyclic) bond motifs is 1. The van der Waals surface area contributed by atoms with Crippen molar-refractivity contribution in [3.63, 3.8) is 0 Å². The number of rotatable bonds is 21. The summed E-state index contributed by atoms with van der Waals surface area (Å²) in [6.07, 6.45) is 1.12. The van der Waals surface area contributed by atoms with Gasteiger partial charge in [-0.25, -0.2) is 14.8 Å². The van der Waals surface area contributed by atoms with Crippen LogP contribution in [0.5, 0.6) is 0 Å². The Bertz CT molecular complexity index is 2470. The first-order chi connectivity index (χ1) is 33.0. The Morgan fingerprint density at radius 1 is 0.725 bits per heavy atom. The number of carboxylic acid groups (broad SMARTS) is 4. The second-order valence-corrected chi connectivity index (χ2v) is 16.4. The summed E-state index contributed by atoms with van der Waals surface area (Å²) in [5, 5.41) is 52.8. The van der Waals surface area contributed by atoms with Crippen molar-refractivity contribution in [1.82, 2.24) is 55.5 Å². The van der Waals surface area contributed by atoms with E-state index < -0.39 is 47.3 Å². The van der Waals surface area contributed by atoms with Crippen LogP contribution in [0.4, 0.5) is 17.3 Å². The maximum atomic E-state index is 12.9. The monoisotopic (exact) mass is 976 g/mol. The Kier molecular flexibility index (Phi) is 20.0. The first kappa shape index (κ1) is 52.6. The van der Waals surface area contributed by atoms with Crippen molar-refractivity contribution in [2.24, 2.45) is 0 Å². The molecule has 1 aliphatic rings. The number of hydrogen-bond donors (Lipinski definition) is 11. The summed E-state index contributed by atoms with van der Waals surface area (Å²) >= 11 is 5.42. The molecule has 0 saturated carbocycles. The molecule has 1 atom stereocenters. The molecule has 5 rings (SSSR count). The normalized spacial score (nSPS) is 14.9. The number of nitrogens with two attached hydrogens (primary N) is 1. The largest absolute Gasteiger partial charge is 0.480 e. The molecular formula is C43H56N14O11S. The van der Waals surface area contributed by atoms with Crippen LogP contribution in [0.25, 0.3) is 11.2 Å². The summed E-state index contributed by atoms with van der Waals surface area (Å²) in [5.74, 6) is -5.44. The molecule has 69 heavy (non-hydrogen) atoms. The van der Waals surface area contributed by atoms with E-state index in [0.717, 1.165) is 5.56 Å². The zero-order chi connectivity index (χ0) is 49.9. The van der Waals surface area contributed by atoms with Crippen molar-refractivity contribution in [2.45, 2.75) is 32.0 Å². The van der Waals surface area contributed by atoms with E-state index in [1.165, 1.54) is 18.3 Å². The molecule has 2 amide bonds. The molecule has 12 N–H and O–H groups in total. The van der Waals surface area contributed by atoms with Crippen LogP contribution in [-0.4, -0.2) is 192 Å². The highest BCUT2D eigenvalue weighted by molar-refractivity contribution is 7.80. The first-order valence-electron chi connectivity index (χ1n) is 21.8. The molecule has 4 aromatic rings. The molecule has 26 heteroatoms. The topological polar surface area (TPSA) is 354 Å². The van der Waals surface area contributed by atoms with Crippen LogP contribution in [0.15, 0.2) is 59.5 Å². The lowest BCUT2D eigenvalue weighted by Gasteiger charge is -2.33. The van der Waals surface area contributed by atoms with Gasteiger partial charge in [0, 0.05) is 95.4 Å². The highest BCUT2D eigenvalue weighted by Gasteiger charge is 2.23. The molecule has 0 bridgehead atoms. The van der Waals surface area contributed by atoms with Gasteiger partial charge in [0.05, 0.1) is 38.1 Å². The van der Waals surface area contributed by atoms with Gasteiger partial charge in [-0.1, -0.05) is 12.1 Å². The zero-order valence-electron chi connectivity index (χ0n) is 37.6. The van der Waals surface area contributed by atoms with Gasteiger partial charge in [0.25, 0.3) is 11.5 Å². The summed E-state index contributed by atoms with van der Waals surface area (Å²) in [6.45, 7) is 3.53.